The Morgan fingerprint density at radius 3 is 2.65 bits per heavy atom. The molecule has 1 aromatic rings. The Bertz CT molecular complexity index is 551. The highest BCUT2D eigenvalue weighted by Crippen LogP contribution is 2.31. The van der Waals surface area contributed by atoms with Crippen LogP contribution in [0.2, 0.25) is 0 Å². The second-order valence-electron chi connectivity index (χ2n) is 7.34. The van der Waals surface area contributed by atoms with Crippen molar-refractivity contribution in [1.29, 1.82) is 0 Å². The zero-order valence-electron chi connectivity index (χ0n) is 14.5. The Balaban J connectivity index is 2.18. The van der Waals surface area contributed by atoms with Gasteiger partial charge in [0.2, 0.25) is 11.8 Å². The molecule has 0 aromatic carbocycles. The number of nitrogens with one attached hydrogen (secondary N) is 1. The zero-order chi connectivity index (χ0) is 17.0. The number of carbonyl (C=O) groups is 2. The molecule has 2 atom stereocenters. The molecule has 1 aliphatic rings. The molecule has 2 rings (SSSR count). The molecule has 0 spiro atoms. The first kappa shape index (κ1) is 17.4. The van der Waals surface area contributed by atoms with Crippen molar-refractivity contribution in [2.45, 2.75) is 46.6 Å². The molecular formula is C18H27N3O2. The molecule has 0 bridgehead atoms. The van der Waals surface area contributed by atoms with E-state index in [-0.39, 0.29) is 29.2 Å². The van der Waals surface area contributed by atoms with Gasteiger partial charge in [-0.15, -0.1) is 0 Å². The van der Waals surface area contributed by atoms with Crippen LogP contribution in [-0.2, 0) is 9.59 Å². The lowest BCUT2D eigenvalue weighted by Gasteiger charge is -2.39. The first-order chi connectivity index (χ1) is 10.8. The molecule has 5 heteroatoms. The van der Waals surface area contributed by atoms with E-state index in [4.69, 9.17) is 0 Å². The Hall–Kier alpha value is -1.91. The number of amides is 2. The minimum absolute atomic E-state index is 0.0695. The van der Waals surface area contributed by atoms with Gasteiger partial charge in [-0.1, -0.05) is 26.8 Å². The van der Waals surface area contributed by atoms with Crippen LogP contribution in [-0.4, -0.2) is 34.8 Å². The normalized spacial score (nSPS) is 20.0. The van der Waals surface area contributed by atoms with E-state index in [0.29, 0.717) is 6.54 Å². The van der Waals surface area contributed by atoms with Crippen molar-refractivity contribution in [3.05, 3.63) is 30.1 Å². The van der Waals surface area contributed by atoms with Gasteiger partial charge in [0, 0.05) is 37.5 Å². The van der Waals surface area contributed by atoms with Crippen molar-refractivity contribution in [1.82, 2.24) is 15.2 Å². The van der Waals surface area contributed by atoms with Crippen LogP contribution in [0.1, 0.15) is 52.3 Å². The molecule has 1 aromatic heterocycles. The Morgan fingerprint density at radius 2 is 2.09 bits per heavy atom. The fourth-order valence-electron chi connectivity index (χ4n) is 3.15. The van der Waals surface area contributed by atoms with Crippen molar-refractivity contribution in [3.8, 4) is 0 Å². The SMILES string of the molecule is CC(=O)NC(c1ccccn1)C1CCCN(C(=O)C(C)(C)C)C1. The number of hydrogen-bond donors (Lipinski definition) is 1. The summed E-state index contributed by atoms with van der Waals surface area (Å²) in [5.41, 5.74) is 0.480. The average Bonchev–Trinajstić information content (AvgIpc) is 2.52. The van der Waals surface area contributed by atoms with Gasteiger partial charge in [0.25, 0.3) is 0 Å². The number of carbonyl (C=O) groups excluding carboxylic acids is 2. The molecule has 0 saturated carbocycles. The Kier molecular flexibility index (Phi) is 5.39. The minimum Gasteiger partial charge on any atom is -0.348 e. The summed E-state index contributed by atoms with van der Waals surface area (Å²) in [5, 5.41) is 3.02. The van der Waals surface area contributed by atoms with E-state index < -0.39 is 0 Å². The van der Waals surface area contributed by atoms with Gasteiger partial charge in [0.15, 0.2) is 0 Å². The number of likely N-dealkylation sites (tertiary alicyclic amines) is 1. The predicted molar refractivity (Wildman–Crippen MR) is 89.6 cm³/mol. The fourth-order valence-corrected chi connectivity index (χ4v) is 3.15. The maximum Gasteiger partial charge on any atom is 0.227 e. The lowest BCUT2D eigenvalue weighted by Crippen LogP contribution is -2.48. The summed E-state index contributed by atoms with van der Waals surface area (Å²) >= 11 is 0. The molecule has 1 aliphatic heterocycles. The minimum atomic E-state index is -0.379. The third-order valence-corrected chi connectivity index (χ3v) is 4.22. The van der Waals surface area contributed by atoms with Crippen molar-refractivity contribution in [3.63, 3.8) is 0 Å². The first-order valence-corrected chi connectivity index (χ1v) is 8.26. The molecule has 2 heterocycles. The van der Waals surface area contributed by atoms with E-state index in [0.717, 1.165) is 25.1 Å². The molecule has 2 amide bonds. The van der Waals surface area contributed by atoms with Crippen LogP contribution in [0, 0.1) is 11.3 Å². The summed E-state index contributed by atoms with van der Waals surface area (Å²) in [6.07, 6.45) is 3.68. The predicted octanol–water partition coefficient (Wildman–Crippen LogP) is 2.54. The number of nitrogens with zero attached hydrogens (tertiary/aromatic N) is 2. The van der Waals surface area contributed by atoms with Crippen molar-refractivity contribution in [2.24, 2.45) is 11.3 Å². The average molecular weight is 317 g/mol. The molecule has 1 saturated heterocycles. The van der Waals surface area contributed by atoms with E-state index in [1.54, 1.807) is 6.20 Å². The highest BCUT2D eigenvalue weighted by Gasteiger charge is 2.35. The van der Waals surface area contributed by atoms with Crippen LogP contribution < -0.4 is 5.32 Å². The molecule has 1 N–H and O–H groups in total. The molecule has 126 valence electrons. The monoisotopic (exact) mass is 317 g/mol. The Morgan fingerprint density at radius 1 is 1.35 bits per heavy atom. The molecule has 23 heavy (non-hydrogen) atoms. The highest BCUT2D eigenvalue weighted by atomic mass is 16.2. The molecule has 5 nitrogen and oxygen atoms in total. The summed E-state index contributed by atoms with van der Waals surface area (Å²) in [5.74, 6) is 0.290. The number of rotatable bonds is 3. The quantitative estimate of drug-likeness (QED) is 0.932. The van der Waals surface area contributed by atoms with E-state index in [1.807, 2.05) is 43.9 Å². The van der Waals surface area contributed by atoms with Crippen LogP contribution in [0.25, 0.3) is 0 Å². The van der Waals surface area contributed by atoms with Gasteiger partial charge in [0.1, 0.15) is 0 Å². The smallest absolute Gasteiger partial charge is 0.227 e. The topological polar surface area (TPSA) is 62.3 Å². The maximum atomic E-state index is 12.6. The summed E-state index contributed by atoms with van der Waals surface area (Å²) in [7, 11) is 0. The largest absolute Gasteiger partial charge is 0.348 e. The van der Waals surface area contributed by atoms with Gasteiger partial charge in [-0.3, -0.25) is 14.6 Å². The van der Waals surface area contributed by atoms with Crippen molar-refractivity contribution in [2.75, 3.05) is 13.1 Å². The fraction of sp³-hybridized carbons (Fsp3) is 0.611. The molecule has 0 aliphatic carbocycles. The van der Waals surface area contributed by atoms with Gasteiger partial charge in [-0.05, 0) is 25.0 Å². The maximum absolute atomic E-state index is 12.6. The van der Waals surface area contributed by atoms with Crippen LogP contribution >= 0.6 is 0 Å². The Labute approximate surface area is 138 Å². The van der Waals surface area contributed by atoms with Crippen LogP contribution in [0.15, 0.2) is 24.4 Å². The molecule has 1 fully saturated rings. The third kappa shape index (κ3) is 4.53. The number of piperidine rings is 1. The standard InChI is InChI=1S/C18H27N3O2/c1-13(22)20-16(15-9-5-6-10-19-15)14-8-7-11-21(12-14)17(23)18(2,3)4/h5-6,9-10,14,16H,7-8,11-12H2,1-4H3,(H,20,22). The van der Waals surface area contributed by atoms with E-state index in [9.17, 15) is 9.59 Å². The first-order valence-electron chi connectivity index (χ1n) is 8.26. The van der Waals surface area contributed by atoms with Gasteiger partial charge in [-0.25, -0.2) is 0 Å². The van der Waals surface area contributed by atoms with Crippen LogP contribution in [0.5, 0.6) is 0 Å². The lowest BCUT2D eigenvalue weighted by atomic mass is 9.86. The van der Waals surface area contributed by atoms with E-state index in [2.05, 4.69) is 10.3 Å². The summed E-state index contributed by atoms with van der Waals surface area (Å²) in [6, 6.07) is 5.58. The molecule has 0 radical (unpaired) electrons. The summed E-state index contributed by atoms with van der Waals surface area (Å²) in [4.78, 5) is 30.5. The second kappa shape index (κ2) is 7.11. The summed E-state index contributed by atoms with van der Waals surface area (Å²) in [6.45, 7) is 8.82. The second-order valence-corrected chi connectivity index (χ2v) is 7.34. The number of hydrogen-bond acceptors (Lipinski definition) is 3. The van der Waals surface area contributed by atoms with Crippen molar-refractivity contribution < 1.29 is 9.59 Å². The number of aromatic nitrogens is 1. The van der Waals surface area contributed by atoms with E-state index >= 15 is 0 Å². The lowest BCUT2D eigenvalue weighted by molar-refractivity contribution is -0.141. The van der Waals surface area contributed by atoms with Gasteiger partial charge in [-0.2, -0.15) is 0 Å². The zero-order valence-corrected chi connectivity index (χ0v) is 14.5. The van der Waals surface area contributed by atoms with Gasteiger partial charge >= 0.3 is 0 Å². The molecular weight excluding hydrogens is 290 g/mol. The van der Waals surface area contributed by atoms with Crippen LogP contribution in [0.3, 0.4) is 0 Å². The van der Waals surface area contributed by atoms with Gasteiger partial charge < -0.3 is 10.2 Å². The summed E-state index contributed by atoms with van der Waals surface area (Å²) < 4.78 is 0. The third-order valence-electron chi connectivity index (χ3n) is 4.22. The molecule has 2 unspecified atom stereocenters. The van der Waals surface area contributed by atoms with E-state index in [1.165, 1.54) is 6.92 Å². The van der Waals surface area contributed by atoms with Crippen LogP contribution in [0.4, 0.5) is 0 Å². The highest BCUT2D eigenvalue weighted by molar-refractivity contribution is 5.81. The van der Waals surface area contributed by atoms with Crippen molar-refractivity contribution >= 4 is 11.8 Å². The van der Waals surface area contributed by atoms with Gasteiger partial charge in [0.05, 0.1) is 11.7 Å². The number of pyridine rings is 1.